The fourth-order valence-corrected chi connectivity index (χ4v) is 1.96. The third-order valence-corrected chi connectivity index (χ3v) is 3.32. The van der Waals surface area contributed by atoms with Crippen LogP contribution in [0, 0.1) is 0 Å². The third-order valence-electron chi connectivity index (χ3n) is 2.21. The summed E-state index contributed by atoms with van der Waals surface area (Å²) in [5, 5.41) is 2.53. The Morgan fingerprint density at radius 3 is 2.63 bits per heavy atom. The van der Waals surface area contributed by atoms with Gasteiger partial charge in [-0.2, -0.15) is 0 Å². The number of methoxy groups -OCH3 is 1. The van der Waals surface area contributed by atoms with Crippen LogP contribution in [0.2, 0.25) is 0 Å². The molecule has 1 unspecified atom stereocenters. The fourth-order valence-electron chi connectivity index (χ4n) is 1.29. The van der Waals surface area contributed by atoms with Gasteiger partial charge < -0.3 is 15.8 Å². The lowest BCUT2D eigenvalue weighted by Crippen LogP contribution is -2.39. The normalized spacial score (nSPS) is 12.4. The summed E-state index contributed by atoms with van der Waals surface area (Å²) in [4.78, 5) is 11.7. The highest BCUT2D eigenvalue weighted by atomic mass is 35.5. The average Bonchev–Trinajstić information content (AvgIpc) is 2.28. The summed E-state index contributed by atoms with van der Waals surface area (Å²) < 4.78 is 27.5. The van der Waals surface area contributed by atoms with Crippen molar-refractivity contribution >= 4 is 33.8 Å². The molecule has 0 fully saturated rings. The van der Waals surface area contributed by atoms with E-state index < -0.39 is 21.8 Å². The van der Waals surface area contributed by atoms with Crippen LogP contribution >= 0.6 is 12.4 Å². The lowest BCUT2D eigenvalue weighted by atomic mass is 10.2. The van der Waals surface area contributed by atoms with E-state index in [0.29, 0.717) is 5.69 Å². The number of sulfone groups is 1. The van der Waals surface area contributed by atoms with Crippen molar-refractivity contribution in [2.45, 2.75) is 10.9 Å². The van der Waals surface area contributed by atoms with E-state index in [9.17, 15) is 13.2 Å². The summed E-state index contributed by atoms with van der Waals surface area (Å²) in [6.45, 7) is 0.0948. The summed E-state index contributed by atoms with van der Waals surface area (Å²) >= 11 is 0. The Labute approximate surface area is 118 Å². The highest BCUT2D eigenvalue weighted by Crippen LogP contribution is 2.15. The number of rotatable bonds is 5. The van der Waals surface area contributed by atoms with E-state index in [1.165, 1.54) is 19.2 Å². The van der Waals surface area contributed by atoms with Crippen molar-refractivity contribution in [1.29, 1.82) is 0 Å². The number of hydrogen-bond donors (Lipinski definition) is 2. The number of anilines is 1. The van der Waals surface area contributed by atoms with E-state index in [1.807, 2.05) is 0 Å². The Bertz CT molecular complexity index is 533. The average molecular weight is 309 g/mol. The minimum Gasteiger partial charge on any atom is -0.383 e. The van der Waals surface area contributed by atoms with Crippen molar-refractivity contribution in [3.63, 3.8) is 0 Å². The van der Waals surface area contributed by atoms with Crippen LogP contribution in [0.3, 0.4) is 0 Å². The van der Waals surface area contributed by atoms with Gasteiger partial charge in [0.2, 0.25) is 5.91 Å². The van der Waals surface area contributed by atoms with E-state index >= 15 is 0 Å². The van der Waals surface area contributed by atoms with Crippen LogP contribution in [0.5, 0.6) is 0 Å². The van der Waals surface area contributed by atoms with Gasteiger partial charge in [-0.05, 0) is 18.2 Å². The number of carbonyl (C=O) groups is 1. The summed E-state index contributed by atoms with van der Waals surface area (Å²) in [6, 6.07) is 5.18. The molecule has 1 aromatic carbocycles. The number of amides is 1. The van der Waals surface area contributed by atoms with Gasteiger partial charge in [0.05, 0.1) is 11.5 Å². The summed E-state index contributed by atoms with van der Waals surface area (Å²) in [5.74, 6) is -0.428. The zero-order valence-electron chi connectivity index (χ0n) is 10.6. The minimum absolute atomic E-state index is 0. The number of carbonyl (C=O) groups excluding carboxylic acids is 1. The van der Waals surface area contributed by atoms with Gasteiger partial charge in [-0.15, -0.1) is 12.4 Å². The lowest BCUT2D eigenvalue weighted by molar-refractivity contribution is -0.118. The quantitative estimate of drug-likeness (QED) is 0.821. The molecule has 0 aliphatic rings. The molecule has 3 N–H and O–H groups in total. The lowest BCUT2D eigenvalue weighted by Gasteiger charge is -2.11. The molecule has 1 atom stereocenters. The van der Waals surface area contributed by atoms with Gasteiger partial charge >= 0.3 is 0 Å². The van der Waals surface area contributed by atoms with Crippen LogP contribution in [0.1, 0.15) is 0 Å². The number of benzene rings is 1. The Hall–Kier alpha value is -1.15. The molecule has 8 heteroatoms. The van der Waals surface area contributed by atoms with Crippen molar-refractivity contribution in [2.24, 2.45) is 5.73 Å². The zero-order chi connectivity index (χ0) is 13.8. The highest BCUT2D eigenvalue weighted by molar-refractivity contribution is 7.90. The first-order chi connectivity index (χ1) is 8.34. The molecule has 0 heterocycles. The molecule has 0 saturated heterocycles. The van der Waals surface area contributed by atoms with Gasteiger partial charge in [-0.25, -0.2) is 8.42 Å². The van der Waals surface area contributed by atoms with Crippen LogP contribution in [-0.2, 0) is 19.4 Å². The van der Waals surface area contributed by atoms with Crippen LogP contribution in [0.25, 0.3) is 0 Å². The number of ether oxygens (including phenoxy) is 1. The summed E-state index contributed by atoms with van der Waals surface area (Å²) in [6.07, 6.45) is 1.10. The molecular formula is C11H17ClN2O4S. The number of nitrogens with two attached hydrogens (primary N) is 1. The molecule has 6 nitrogen and oxygen atoms in total. The maximum absolute atomic E-state index is 11.6. The van der Waals surface area contributed by atoms with E-state index in [0.717, 1.165) is 6.26 Å². The second kappa shape index (κ2) is 7.44. The van der Waals surface area contributed by atoms with E-state index in [4.69, 9.17) is 10.5 Å². The molecule has 0 spiro atoms. The Morgan fingerprint density at radius 1 is 1.47 bits per heavy atom. The Morgan fingerprint density at radius 2 is 2.11 bits per heavy atom. The largest absolute Gasteiger partial charge is 0.383 e. The molecule has 1 amide bonds. The Balaban J connectivity index is 0.00000324. The first-order valence-electron chi connectivity index (χ1n) is 5.20. The van der Waals surface area contributed by atoms with Crippen molar-refractivity contribution in [1.82, 2.24) is 0 Å². The van der Waals surface area contributed by atoms with Crippen molar-refractivity contribution in [3.05, 3.63) is 24.3 Å². The standard InChI is InChI=1S/C11H16N2O4S.ClH/c1-17-7-10(12)11(14)13-8-4-3-5-9(6-8)18(2,15)16;/h3-6,10H,7,12H2,1-2H3,(H,13,14);1H. The first kappa shape index (κ1) is 17.8. The molecule has 1 rings (SSSR count). The predicted molar refractivity (Wildman–Crippen MR) is 75.3 cm³/mol. The molecule has 0 saturated carbocycles. The van der Waals surface area contributed by atoms with Gasteiger partial charge in [0, 0.05) is 19.1 Å². The van der Waals surface area contributed by atoms with E-state index in [1.54, 1.807) is 12.1 Å². The molecule has 19 heavy (non-hydrogen) atoms. The minimum atomic E-state index is -3.30. The molecular weight excluding hydrogens is 292 g/mol. The fraction of sp³-hybridized carbons (Fsp3) is 0.364. The summed E-state index contributed by atoms with van der Waals surface area (Å²) in [5.41, 5.74) is 5.93. The number of halogens is 1. The second-order valence-electron chi connectivity index (χ2n) is 3.85. The van der Waals surface area contributed by atoms with Crippen molar-refractivity contribution in [3.8, 4) is 0 Å². The van der Waals surface area contributed by atoms with Gasteiger partial charge in [-0.3, -0.25) is 4.79 Å². The molecule has 108 valence electrons. The first-order valence-corrected chi connectivity index (χ1v) is 7.09. The molecule has 0 radical (unpaired) electrons. The highest BCUT2D eigenvalue weighted by Gasteiger charge is 2.14. The number of nitrogens with one attached hydrogen (secondary N) is 1. The molecule has 0 aliphatic heterocycles. The predicted octanol–water partition coefficient (Wildman–Crippen LogP) is 0.424. The monoisotopic (exact) mass is 308 g/mol. The third kappa shape index (κ3) is 5.56. The second-order valence-corrected chi connectivity index (χ2v) is 5.87. The maximum Gasteiger partial charge on any atom is 0.243 e. The molecule has 1 aromatic rings. The van der Waals surface area contributed by atoms with E-state index in [-0.39, 0.29) is 23.9 Å². The van der Waals surface area contributed by atoms with Crippen LogP contribution < -0.4 is 11.1 Å². The van der Waals surface area contributed by atoms with Gasteiger partial charge in [0.1, 0.15) is 6.04 Å². The Kier molecular flexibility index (Phi) is 6.99. The van der Waals surface area contributed by atoms with E-state index in [2.05, 4.69) is 5.32 Å². The van der Waals surface area contributed by atoms with Gasteiger partial charge in [0.25, 0.3) is 0 Å². The molecule has 0 aliphatic carbocycles. The van der Waals surface area contributed by atoms with Gasteiger partial charge in [0.15, 0.2) is 9.84 Å². The van der Waals surface area contributed by atoms with Crippen molar-refractivity contribution < 1.29 is 17.9 Å². The molecule has 0 bridgehead atoms. The molecule has 0 aromatic heterocycles. The van der Waals surface area contributed by atoms with Crippen LogP contribution in [0.4, 0.5) is 5.69 Å². The smallest absolute Gasteiger partial charge is 0.243 e. The van der Waals surface area contributed by atoms with Crippen molar-refractivity contribution in [2.75, 3.05) is 25.3 Å². The maximum atomic E-state index is 11.6. The SMILES string of the molecule is COCC(N)C(=O)Nc1cccc(S(C)(=O)=O)c1.Cl. The topological polar surface area (TPSA) is 98.5 Å². The van der Waals surface area contributed by atoms with Crippen LogP contribution in [-0.4, -0.2) is 40.3 Å². The summed E-state index contributed by atoms with van der Waals surface area (Å²) in [7, 11) is -1.86. The van der Waals surface area contributed by atoms with Crippen LogP contribution in [0.15, 0.2) is 29.2 Å². The van der Waals surface area contributed by atoms with Gasteiger partial charge in [-0.1, -0.05) is 6.07 Å². The number of hydrogen-bond acceptors (Lipinski definition) is 5. The zero-order valence-corrected chi connectivity index (χ0v) is 12.3.